The lowest BCUT2D eigenvalue weighted by molar-refractivity contribution is 0.669. The predicted octanol–water partition coefficient (Wildman–Crippen LogP) is 9.22. The van der Waals surface area contributed by atoms with Gasteiger partial charge in [-0.2, -0.15) is 0 Å². The van der Waals surface area contributed by atoms with Crippen LogP contribution in [0.25, 0.3) is 88.9 Å². The predicted molar refractivity (Wildman–Crippen MR) is 166 cm³/mol. The van der Waals surface area contributed by atoms with Gasteiger partial charge in [0.05, 0.1) is 5.52 Å². The normalized spacial score (nSPS) is 11.8. The molecular weight excluding hydrogens is 520 g/mol. The van der Waals surface area contributed by atoms with Gasteiger partial charge in [-0.1, -0.05) is 78.9 Å². The molecule has 6 nitrogen and oxygen atoms in total. The highest BCUT2D eigenvalue weighted by Crippen LogP contribution is 2.39. The molecule has 0 radical (unpaired) electrons. The number of rotatable bonds is 3. The summed E-state index contributed by atoms with van der Waals surface area (Å²) in [5.74, 6) is 1.75. The van der Waals surface area contributed by atoms with Crippen LogP contribution in [-0.2, 0) is 0 Å². The van der Waals surface area contributed by atoms with E-state index in [2.05, 4.69) is 23.2 Å². The lowest BCUT2D eigenvalue weighted by Gasteiger charge is -2.10. The first-order valence-corrected chi connectivity index (χ1v) is 13.7. The van der Waals surface area contributed by atoms with Crippen LogP contribution in [-0.4, -0.2) is 19.9 Å². The SMILES string of the molecule is c1ccc(-c2nc(-c3cccc4oc5ccccc5c34)nc(-c3cccc4oc5cc6ncccc6cc5c34)n2)cc1. The molecule has 0 fully saturated rings. The maximum atomic E-state index is 6.32. The van der Waals surface area contributed by atoms with Gasteiger partial charge in [0.15, 0.2) is 17.5 Å². The minimum atomic E-state index is 0.572. The Hall–Kier alpha value is -5.88. The van der Waals surface area contributed by atoms with Crippen molar-refractivity contribution >= 4 is 54.8 Å². The second kappa shape index (κ2) is 8.81. The minimum absolute atomic E-state index is 0.572. The largest absolute Gasteiger partial charge is 0.456 e. The van der Waals surface area contributed by atoms with Crippen molar-refractivity contribution in [3.63, 3.8) is 0 Å². The second-order valence-corrected chi connectivity index (χ2v) is 10.3. The van der Waals surface area contributed by atoms with E-state index < -0.39 is 0 Å². The number of benzene rings is 5. The third-order valence-electron chi connectivity index (χ3n) is 7.77. The van der Waals surface area contributed by atoms with Gasteiger partial charge in [-0.05, 0) is 30.3 Å². The number of nitrogens with zero attached hydrogens (tertiary/aromatic N) is 4. The van der Waals surface area contributed by atoms with Crippen LogP contribution in [0.15, 0.2) is 130 Å². The van der Waals surface area contributed by atoms with Gasteiger partial charge in [-0.25, -0.2) is 15.0 Å². The molecule has 4 aromatic heterocycles. The van der Waals surface area contributed by atoms with E-state index in [1.807, 2.05) is 97.1 Å². The Balaban J connectivity index is 1.36. The molecule has 0 saturated heterocycles. The quantitative estimate of drug-likeness (QED) is 0.222. The first-order valence-electron chi connectivity index (χ1n) is 13.7. The fraction of sp³-hybridized carbons (Fsp3) is 0. The Kier molecular flexibility index (Phi) is 4.80. The number of hydrogen-bond acceptors (Lipinski definition) is 6. The van der Waals surface area contributed by atoms with Crippen molar-refractivity contribution in [3.05, 3.63) is 121 Å². The summed E-state index contributed by atoms with van der Waals surface area (Å²) in [6, 6.07) is 38.2. The van der Waals surface area contributed by atoms with Crippen molar-refractivity contribution in [3.8, 4) is 34.2 Å². The highest BCUT2D eigenvalue weighted by atomic mass is 16.3. The Labute approximate surface area is 238 Å². The zero-order valence-electron chi connectivity index (χ0n) is 22.2. The van der Waals surface area contributed by atoms with E-state index >= 15 is 0 Å². The van der Waals surface area contributed by atoms with Crippen LogP contribution >= 0.6 is 0 Å². The van der Waals surface area contributed by atoms with Gasteiger partial charge in [-0.15, -0.1) is 0 Å². The van der Waals surface area contributed by atoms with Gasteiger partial charge in [0.2, 0.25) is 0 Å². The number of para-hydroxylation sites is 1. The van der Waals surface area contributed by atoms with E-state index in [4.69, 9.17) is 23.8 Å². The number of furan rings is 2. The maximum absolute atomic E-state index is 6.32. The number of pyridine rings is 1. The van der Waals surface area contributed by atoms with Gasteiger partial charge in [-0.3, -0.25) is 4.98 Å². The van der Waals surface area contributed by atoms with Crippen LogP contribution in [0.4, 0.5) is 0 Å². The van der Waals surface area contributed by atoms with Crippen LogP contribution in [0, 0.1) is 0 Å². The zero-order chi connectivity index (χ0) is 27.6. The molecule has 196 valence electrons. The average molecular weight is 541 g/mol. The monoisotopic (exact) mass is 540 g/mol. The van der Waals surface area contributed by atoms with Crippen LogP contribution in [0.3, 0.4) is 0 Å². The summed E-state index contributed by atoms with van der Waals surface area (Å²) in [5, 5.41) is 5.00. The molecular formula is C36H20N4O2. The van der Waals surface area contributed by atoms with Gasteiger partial charge in [0, 0.05) is 55.9 Å². The smallest absolute Gasteiger partial charge is 0.164 e. The van der Waals surface area contributed by atoms with Gasteiger partial charge >= 0.3 is 0 Å². The van der Waals surface area contributed by atoms with Crippen molar-refractivity contribution < 1.29 is 8.83 Å². The molecule has 0 N–H and O–H groups in total. The minimum Gasteiger partial charge on any atom is -0.456 e. The van der Waals surface area contributed by atoms with Crippen LogP contribution in [0.5, 0.6) is 0 Å². The topological polar surface area (TPSA) is 77.8 Å². The second-order valence-electron chi connectivity index (χ2n) is 10.3. The molecule has 0 aliphatic heterocycles. The van der Waals surface area contributed by atoms with Gasteiger partial charge in [0.1, 0.15) is 22.3 Å². The van der Waals surface area contributed by atoms with Crippen LogP contribution < -0.4 is 0 Å². The Morgan fingerprint density at radius 3 is 1.88 bits per heavy atom. The summed E-state index contributed by atoms with van der Waals surface area (Å²) < 4.78 is 12.5. The maximum Gasteiger partial charge on any atom is 0.164 e. The summed E-state index contributed by atoms with van der Waals surface area (Å²) in [7, 11) is 0. The molecule has 0 unspecified atom stereocenters. The average Bonchev–Trinajstić information content (AvgIpc) is 3.61. The first kappa shape index (κ1) is 22.9. The third-order valence-corrected chi connectivity index (χ3v) is 7.77. The number of fused-ring (bicyclic) bond motifs is 7. The Morgan fingerprint density at radius 1 is 0.452 bits per heavy atom. The molecule has 42 heavy (non-hydrogen) atoms. The van der Waals surface area contributed by atoms with Crippen LogP contribution in [0.1, 0.15) is 0 Å². The highest BCUT2D eigenvalue weighted by molar-refractivity contribution is 6.15. The molecule has 0 atom stereocenters. The van der Waals surface area contributed by atoms with Gasteiger partial charge in [0.25, 0.3) is 0 Å². The standard InChI is InChI=1S/C36H20N4O2/c1-2-9-21(10-3-1)34-38-35(24-13-6-16-29-32(24)23-12-4-5-15-28(23)41-29)40-36(39-34)25-14-7-17-30-33(25)26-19-22-11-8-18-37-27(22)20-31(26)42-30/h1-20H. The van der Waals surface area contributed by atoms with E-state index in [1.165, 1.54) is 0 Å². The Bertz CT molecular complexity index is 2480. The molecule has 0 spiro atoms. The summed E-state index contributed by atoms with van der Waals surface area (Å²) in [6.07, 6.45) is 1.80. The lowest BCUT2D eigenvalue weighted by atomic mass is 10.0. The fourth-order valence-corrected chi connectivity index (χ4v) is 5.87. The number of aromatic nitrogens is 4. The summed E-state index contributed by atoms with van der Waals surface area (Å²) in [5.41, 5.74) is 6.72. The molecule has 9 aromatic rings. The zero-order valence-corrected chi connectivity index (χ0v) is 22.2. The van der Waals surface area contributed by atoms with Crippen molar-refractivity contribution in [2.75, 3.05) is 0 Å². The Morgan fingerprint density at radius 2 is 1.10 bits per heavy atom. The van der Waals surface area contributed by atoms with Crippen molar-refractivity contribution in [2.24, 2.45) is 0 Å². The van der Waals surface area contributed by atoms with Gasteiger partial charge < -0.3 is 8.83 Å². The molecule has 5 aromatic carbocycles. The first-order chi connectivity index (χ1) is 20.8. The number of hydrogen-bond donors (Lipinski definition) is 0. The highest BCUT2D eigenvalue weighted by Gasteiger charge is 2.20. The summed E-state index contributed by atoms with van der Waals surface area (Å²) in [6.45, 7) is 0. The van der Waals surface area contributed by atoms with E-state index in [0.29, 0.717) is 17.5 Å². The molecule has 9 rings (SSSR count). The molecule has 0 saturated carbocycles. The third kappa shape index (κ3) is 3.45. The van der Waals surface area contributed by atoms with Crippen molar-refractivity contribution in [1.29, 1.82) is 0 Å². The fourth-order valence-electron chi connectivity index (χ4n) is 5.87. The van der Waals surface area contributed by atoms with E-state index in [0.717, 1.165) is 71.5 Å². The van der Waals surface area contributed by atoms with Crippen LogP contribution in [0.2, 0.25) is 0 Å². The van der Waals surface area contributed by atoms with E-state index in [-0.39, 0.29) is 0 Å². The van der Waals surface area contributed by atoms with Crippen molar-refractivity contribution in [2.45, 2.75) is 0 Å². The summed E-state index contributed by atoms with van der Waals surface area (Å²) in [4.78, 5) is 19.7. The molecule has 4 heterocycles. The lowest BCUT2D eigenvalue weighted by Crippen LogP contribution is -2.00. The van der Waals surface area contributed by atoms with Crippen molar-refractivity contribution in [1.82, 2.24) is 19.9 Å². The van der Waals surface area contributed by atoms with E-state index in [1.54, 1.807) is 6.20 Å². The molecule has 6 heteroatoms. The van der Waals surface area contributed by atoms with E-state index in [9.17, 15) is 0 Å². The summed E-state index contributed by atoms with van der Waals surface area (Å²) >= 11 is 0. The molecule has 0 aliphatic rings. The molecule has 0 bridgehead atoms. The molecule has 0 aliphatic carbocycles. The molecule has 0 amide bonds.